The molecule has 12 aromatic rings. The van der Waals surface area contributed by atoms with Crippen LogP contribution in [0.25, 0.3) is 52.6 Å². The first-order valence-electron chi connectivity index (χ1n) is 44.0. The molecule has 4 aromatic heterocycles. The highest BCUT2D eigenvalue weighted by Crippen LogP contribution is 2.43. The molecule has 0 unspecified atom stereocenters. The lowest BCUT2D eigenvalue weighted by molar-refractivity contribution is -0.117. The number of sulfonamides is 3. The smallest absolute Gasteiger partial charge is 0.411 e. The molecule has 0 radical (unpaired) electrons. The Morgan fingerprint density at radius 3 is 1.08 bits per heavy atom. The number of ether oxygens (including phenoxy) is 2. The van der Waals surface area contributed by atoms with Gasteiger partial charge < -0.3 is 47.1 Å². The summed E-state index contributed by atoms with van der Waals surface area (Å²) in [6, 6.07) is 44.5. The van der Waals surface area contributed by atoms with Gasteiger partial charge in [0.25, 0.3) is 0 Å². The second kappa shape index (κ2) is 51.7. The number of carbonyl (C=O) groups excluding carboxylic acids is 5. The van der Waals surface area contributed by atoms with Gasteiger partial charge in [0.05, 0.1) is 56.6 Å². The Morgan fingerprint density at radius 2 is 0.764 bits per heavy atom. The molecule has 0 aliphatic carbocycles. The lowest BCUT2D eigenvalue weighted by Gasteiger charge is -2.23. The average molecular weight is 2320 g/mol. The van der Waals surface area contributed by atoms with E-state index in [-0.39, 0.29) is 52.0 Å². The monoisotopic (exact) mass is 2320 g/mol. The predicted octanol–water partition coefficient (Wildman–Crippen LogP) is 25.5. The number of rotatable bonds is 17. The minimum Gasteiger partial charge on any atom is -0.451 e. The SMILES string of the molecule is Brc1cnc(Br)s1.C.CC(C)OC(=O)Cl.Cc1cc(-c2ncc(-c3ccc(N4CCCC4=O)cc3S(=O)(=O)NC(C)(C)C)s2)ccc1N.Cc1cc(-c2ncc(-c3ccc(N4CCCC4=O)cc3S(=O)(=O)NC(C)(C)C)s2)ccc1NC(=O)OC(C)C.Cc1cc(-c2ncc(Br)s2)ccc1N.Cc1cc(Br)ccc1N.Cc1ccc(N)c(C)c1.Cc1ccc(N2CCCC2=O)cc1S(=O)(=O)NC(C)(C)C. The van der Waals surface area contributed by atoms with E-state index in [1.165, 1.54) is 28.2 Å². The number of hydrogen-bond acceptors (Lipinski definition) is 25. The maximum atomic E-state index is 13.5. The highest BCUT2D eigenvalue weighted by molar-refractivity contribution is 9.12. The Bertz CT molecular complexity index is 6670. The van der Waals surface area contributed by atoms with E-state index >= 15 is 0 Å². The van der Waals surface area contributed by atoms with Crippen LogP contribution in [-0.4, -0.2) is 123 Å². The molecule has 4 amide bonds. The summed E-state index contributed by atoms with van der Waals surface area (Å²) in [6.07, 6.45) is 9.85. The maximum Gasteiger partial charge on any atom is 0.411 e. The number of nitrogens with one attached hydrogen (secondary N) is 4. The summed E-state index contributed by atoms with van der Waals surface area (Å²) in [6.45, 7) is 38.6. The van der Waals surface area contributed by atoms with Crippen LogP contribution in [-0.2, 0) is 53.9 Å². The molecule has 0 bridgehead atoms. The molecule has 0 spiro atoms. The second-order valence-electron chi connectivity index (χ2n) is 36.3. The van der Waals surface area contributed by atoms with E-state index < -0.39 is 58.2 Å². The van der Waals surface area contributed by atoms with Gasteiger partial charge in [-0.2, -0.15) is 0 Å². The molecule has 3 saturated heterocycles. The van der Waals surface area contributed by atoms with Crippen LogP contribution in [0.2, 0.25) is 0 Å². The summed E-state index contributed by atoms with van der Waals surface area (Å²) in [5, 5.41) is 5.24. The second-order valence-corrected chi connectivity index (χ2v) is 50.6. The summed E-state index contributed by atoms with van der Waals surface area (Å²) in [7, 11) is -11.4. The first-order chi connectivity index (χ1) is 64.7. The van der Waals surface area contributed by atoms with E-state index in [1.807, 2.05) is 114 Å². The van der Waals surface area contributed by atoms with Crippen molar-refractivity contribution in [3.8, 4) is 52.6 Å². The summed E-state index contributed by atoms with van der Waals surface area (Å²) in [5.41, 5.74) is 36.9. The summed E-state index contributed by atoms with van der Waals surface area (Å²) in [4.78, 5) is 82.4. The van der Waals surface area contributed by atoms with Crippen LogP contribution in [0.15, 0.2) is 201 Å². The number of aryl methyl sites for hydroxylation is 7. The highest BCUT2D eigenvalue weighted by Gasteiger charge is 2.34. The third-order valence-corrected chi connectivity index (χ3v) is 31.7. The van der Waals surface area contributed by atoms with Crippen LogP contribution in [0.1, 0.15) is 175 Å². The molecule has 3 fully saturated rings. The van der Waals surface area contributed by atoms with Gasteiger partial charge in [0, 0.05) is 157 Å². The molecule has 3 aliphatic heterocycles. The number of nitrogen functional groups attached to an aromatic ring is 4. The van der Waals surface area contributed by atoms with Crippen molar-refractivity contribution in [2.75, 3.05) is 62.6 Å². The zero-order valence-electron chi connectivity index (χ0n) is 81.2. The summed E-state index contributed by atoms with van der Waals surface area (Å²) >= 11 is 24.0. The Balaban J connectivity index is 0.000000236. The van der Waals surface area contributed by atoms with Crippen molar-refractivity contribution in [1.82, 2.24) is 34.1 Å². The number of carbonyl (C=O) groups is 5. The number of nitrogens with two attached hydrogens (primary N) is 4. The largest absolute Gasteiger partial charge is 0.451 e. The fraction of sp³-hybridized carbons (Fsp3) is 0.350. The van der Waals surface area contributed by atoms with Gasteiger partial charge in [-0.3, -0.25) is 19.7 Å². The van der Waals surface area contributed by atoms with E-state index in [4.69, 9.17) is 39.3 Å². The van der Waals surface area contributed by atoms with Crippen LogP contribution in [0.5, 0.6) is 0 Å². The van der Waals surface area contributed by atoms with E-state index in [1.54, 1.807) is 214 Å². The van der Waals surface area contributed by atoms with Crippen molar-refractivity contribution in [2.24, 2.45) is 0 Å². The van der Waals surface area contributed by atoms with Gasteiger partial charge in [0.2, 0.25) is 47.8 Å². The normalized spacial score (nSPS) is 13.1. The summed E-state index contributed by atoms with van der Waals surface area (Å²) < 4.78 is 101. The molecule has 3 aliphatic rings. The molecule has 140 heavy (non-hydrogen) atoms. The number of amides is 4. The Kier molecular flexibility index (Phi) is 43.4. The zero-order valence-corrected chi connectivity index (χ0v) is 94.0. The summed E-state index contributed by atoms with van der Waals surface area (Å²) in [5.74, 6) is 0.0420. The quantitative estimate of drug-likeness (QED) is 0.0310. The van der Waals surface area contributed by atoms with Crippen molar-refractivity contribution in [2.45, 2.75) is 228 Å². The van der Waals surface area contributed by atoms with Gasteiger partial charge in [0.1, 0.15) is 15.0 Å². The third-order valence-electron chi connectivity index (χ3n) is 20.0. The first kappa shape index (κ1) is 118. The number of benzene rings is 8. The molecular formula is C100H124Br4ClN15O13S7. The van der Waals surface area contributed by atoms with E-state index in [0.29, 0.717) is 93.9 Å². The Labute approximate surface area is 878 Å². The van der Waals surface area contributed by atoms with Gasteiger partial charge in [-0.1, -0.05) is 59.3 Å². The standard InChI is InChI=1S/C28H34N4O5S2.C24H28N4O3S2.C15H22N2O3S.C10H9BrN2S.C8H11N.C7H8BrN.C4H7ClO2.C3HBr2NS.CH4/c1-17(2)37-27(34)30-22-12-9-19(14-18(22)3)26-29-16-23(38-26)21-11-10-20(32-13-7-8-25(32)33)15-24(21)39(35,36)31-28(4,5)6;1-15-12-16(7-10-19(15)25)23-26-14-20(32-23)18-9-8-17(28-11-5-6-22(28)29)13-21(18)33(30,31)27-24(2,3)4;1-11-7-8-12(17-9-5-6-14(17)18)10-13(11)21(19,20)16-15(2,3)4;1-6-4-7(2-3-8(6)12)10-13-5-9(11)14-10;1-6-3-4-8(9)7(2)5-6;1-5-4-6(8)2-3-7(5)9;1-3(2)7-4(5)6;4-2-1-6-3(5)7-2;/h9-12,14-17,31H,7-8,13H2,1-6H3,(H,30,34);7-10,12-14,27H,5-6,11,25H2,1-4H3;7-8,10,16H,5-6,9H2,1-4H3;2-5H,12H2,1H3;3-5H,9H2,1-2H3;2-4H,9H2,1H3;3H,1-2H3;1H;1H4. The lowest BCUT2D eigenvalue weighted by Crippen LogP contribution is -2.40. The number of hydrogen-bond donors (Lipinski definition) is 8. The molecule has 8 aromatic carbocycles. The lowest BCUT2D eigenvalue weighted by atomic mass is 10.1. The van der Waals surface area contributed by atoms with Crippen molar-refractivity contribution in [1.29, 1.82) is 0 Å². The molecule has 0 saturated carbocycles. The van der Waals surface area contributed by atoms with E-state index in [2.05, 4.69) is 127 Å². The minimum atomic E-state index is -3.92. The topological polar surface area (TPSA) is 420 Å². The fourth-order valence-electron chi connectivity index (χ4n) is 13.6. The zero-order chi connectivity index (χ0) is 103. The van der Waals surface area contributed by atoms with Crippen LogP contribution >= 0.6 is 121 Å². The van der Waals surface area contributed by atoms with Crippen molar-refractivity contribution < 1.29 is 58.7 Å². The van der Waals surface area contributed by atoms with Gasteiger partial charge in [0.15, 0.2) is 3.92 Å². The maximum absolute atomic E-state index is 13.5. The van der Waals surface area contributed by atoms with Gasteiger partial charge in [-0.05, 0) is 354 Å². The number of nitrogens with zero attached hydrogens (tertiary/aromatic N) is 7. The molecule has 12 N–H and O–H groups in total. The molecular weight excluding hydrogens is 2200 g/mol. The predicted molar refractivity (Wildman–Crippen MR) is 591 cm³/mol. The van der Waals surface area contributed by atoms with Gasteiger partial charge >= 0.3 is 11.5 Å². The van der Waals surface area contributed by atoms with Crippen LogP contribution < -0.4 is 57.1 Å². The van der Waals surface area contributed by atoms with Crippen LogP contribution in [0.4, 0.5) is 55.1 Å². The van der Waals surface area contributed by atoms with Gasteiger partial charge in [-0.25, -0.2) is 68.9 Å². The molecule has 15 rings (SSSR count). The van der Waals surface area contributed by atoms with Crippen LogP contribution in [0, 0.1) is 48.5 Å². The number of halogens is 5. The molecule has 7 heterocycles. The van der Waals surface area contributed by atoms with Crippen LogP contribution in [0.3, 0.4) is 0 Å². The molecule has 754 valence electrons. The first-order valence-corrected chi connectivity index (χ1v) is 55.3. The fourth-order valence-corrected chi connectivity index (χ4v) is 24.7. The van der Waals surface area contributed by atoms with E-state index in [0.717, 1.165) is 112 Å². The highest BCUT2D eigenvalue weighted by atomic mass is 79.9. The number of aromatic nitrogens is 4. The minimum absolute atomic E-state index is 0. The van der Waals surface area contributed by atoms with Crippen molar-refractivity contribution in [3.63, 3.8) is 0 Å². The van der Waals surface area contributed by atoms with Crippen molar-refractivity contribution >= 4 is 225 Å². The van der Waals surface area contributed by atoms with Gasteiger partial charge in [-0.15, -0.1) is 45.3 Å². The van der Waals surface area contributed by atoms with Crippen molar-refractivity contribution in [3.05, 3.63) is 225 Å². The number of anilines is 8. The third kappa shape index (κ3) is 36.2. The number of thiazole rings is 4. The molecule has 0 atom stereocenters. The Hall–Kier alpha value is -9.43. The van der Waals surface area contributed by atoms with E-state index in [9.17, 15) is 49.2 Å². The molecule has 40 heteroatoms. The average Bonchev–Trinajstić information content (AvgIpc) is 1.69. The molecule has 28 nitrogen and oxygen atoms in total. The Morgan fingerprint density at radius 1 is 0.414 bits per heavy atom.